The normalized spacial score (nSPS) is 25.0. The van der Waals surface area contributed by atoms with E-state index in [9.17, 15) is 0 Å². The van der Waals surface area contributed by atoms with E-state index in [0.717, 1.165) is 50.2 Å². The van der Waals surface area contributed by atoms with Gasteiger partial charge < -0.3 is 10.1 Å². The van der Waals surface area contributed by atoms with Gasteiger partial charge in [-0.2, -0.15) is 16.9 Å². The number of hydrogen-bond donors (Lipinski definition) is 1. The molecule has 2 fully saturated rings. The summed E-state index contributed by atoms with van der Waals surface area (Å²) < 4.78 is 7.25. The maximum atomic E-state index is 5.52. The second-order valence-electron chi connectivity index (χ2n) is 6.19. The summed E-state index contributed by atoms with van der Waals surface area (Å²) in [4.78, 5) is 11.5. The second kappa shape index (κ2) is 7.08. The molecule has 2 aliphatic heterocycles. The van der Waals surface area contributed by atoms with Crippen LogP contribution in [0.3, 0.4) is 0 Å². The Bertz CT molecular complexity index is 652. The van der Waals surface area contributed by atoms with E-state index >= 15 is 0 Å². The Hall–Kier alpha value is -1.64. The minimum atomic E-state index is 0.192. The number of thioether (sulfide) groups is 1. The highest BCUT2D eigenvalue weighted by Gasteiger charge is 2.40. The maximum absolute atomic E-state index is 5.52. The van der Waals surface area contributed by atoms with Crippen molar-refractivity contribution in [2.24, 2.45) is 0 Å². The smallest absolute Gasteiger partial charge is 0.173 e. The van der Waals surface area contributed by atoms with Crippen LogP contribution in [0.25, 0.3) is 5.82 Å². The van der Waals surface area contributed by atoms with Crippen molar-refractivity contribution in [3.8, 4) is 5.82 Å². The van der Waals surface area contributed by atoms with E-state index in [2.05, 4.69) is 25.3 Å². The highest BCUT2D eigenvalue weighted by Crippen LogP contribution is 2.34. The first kappa shape index (κ1) is 15.9. The molecule has 2 aromatic heterocycles. The van der Waals surface area contributed by atoms with E-state index in [0.29, 0.717) is 0 Å². The molecule has 1 N–H and O–H groups in total. The highest BCUT2D eigenvalue weighted by atomic mass is 32.2. The zero-order valence-corrected chi connectivity index (χ0v) is 14.4. The largest absolute Gasteiger partial charge is 0.379 e. The number of rotatable bonds is 5. The summed E-state index contributed by atoms with van der Waals surface area (Å²) >= 11 is 2.04. The molecule has 2 saturated heterocycles. The third kappa shape index (κ3) is 3.26. The quantitative estimate of drug-likeness (QED) is 0.875. The van der Waals surface area contributed by atoms with E-state index in [-0.39, 0.29) is 5.54 Å². The Kier molecular flexibility index (Phi) is 4.68. The van der Waals surface area contributed by atoms with Gasteiger partial charge in [0.2, 0.25) is 0 Å². The van der Waals surface area contributed by atoms with Crippen LogP contribution in [0, 0.1) is 0 Å². The van der Waals surface area contributed by atoms with E-state index in [4.69, 9.17) is 4.74 Å². The van der Waals surface area contributed by atoms with Gasteiger partial charge in [0.25, 0.3) is 0 Å². The molecule has 0 aromatic carbocycles. The monoisotopic (exact) mass is 346 g/mol. The van der Waals surface area contributed by atoms with Crippen molar-refractivity contribution in [2.45, 2.75) is 12.0 Å². The van der Waals surface area contributed by atoms with Crippen molar-refractivity contribution < 1.29 is 4.74 Å². The molecule has 0 bridgehead atoms. The SMILES string of the molecule is c1cnn(-c2cncc(NCC3(N4CCOCC4)CCSC3)n2)c1. The predicted octanol–water partition coefficient (Wildman–Crippen LogP) is 1.28. The summed E-state index contributed by atoms with van der Waals surface area (Å²) in [7, 11) is 0. The van der Waals surface area contributed by atoms with Crippen LogP contribution in [0.15, 0.2) is 30.9 Å². The van der Waals surface area contributed by atoms with Gasteiger partial charge >= 0.3 is 0 Å². The van der Waals surface area contributed by atoms with Crippen LogP contribution < -0.4 is 5.32 Å². The van der Waals surface area contributed by atoms with Crippen LogP contribution in [-0.2, 0) is 4.74 Å². The Morgan fingerprint density at radius 2 is 2.21 bits per heavy atom. The lowest BCUT2D eigenvalue weighted by atomic mass is 9.95. The molecule has 0 amide bonds. The maximum Gasteiger partial charge on any atom is 0.173 e. The van der Waals surface area contributed by atoms with Gasteiger partial charge in [0, 0.05) is 43.3 Å². The predicted molar refractivity (Wildman–Crippen MR) is 94.7 cm³/mol. The lowest BCUT2D eigenvalue weighted by Crippen LogP contribution is -2.57. The van der Waals surface area contributed by atoms with Gasteiger partial charge in [-0.15, -0.1) is 0 Å². The zero-order valence-electron chi connectivity index (χ0n) is 13.6. The van der Waals surface area contributed by atoms with E-state index in [1.807, 2.05) is 24.0 Å². The van der Waals surface area contributed by atoms with Gasteiger partial charge in [0.1, 0.15) is 5.82 Å². The topological polar surface area (TPSA) is 68.1 Å². The van der Waals surface area contributed by atoms with Crippen molar-refractivity contribution in [1.29, 1.82) is 0 Å². The molecule has 0 radical (unpaired) electrons. The van der Waals surface area contributed by atoms with Crippen molar-refractivity contribution in [3.05, 3.63) is 30.9 Å². The summed E-state index contributed by atoms with van der Waals surface area (Å²) in [6.45, 7) is 4.59. The van der Waals surface area contributed by atoms with Crippen LogP contribution in [-0.4, -0.2) is 74.5 Å². The van der Waals surface area contributed by atoms with E-state index in [1.165, 1.54) is 12.2 Å². The van der Waals surface area contributed by atoms with Crippen LogP contribution >= 0.6 is 11.8 Å². The minimum Gasteiger partial charge on any atom is -0.379 e. The second-order valence-corrected chi connectivity index (χ2v) is 7.30. The number of morpholine rings is 1. The van der Waals surface area contributed by atoms with Crippen LogP contribution in [0.5, 0.6) is 0 Å². The molecule has 1 atom stereocenters. The third-order valence-corrected chi connectivity index (χ3v) is 5.96. The third-order valence-electron chi connectivity index (χ3n) is 4.72. The molecule has 4 rings (SSSR count). The fourth-order valence-corrected chi connectivity index (χ4v) is 4.82. The molecule has 0 spiro atoms. The summed E-state index contributed by atoms with van der Waals surface area (Å²) in [6.07, 6.45) is 8.32. The molecular weight excluding hydrogens is 324 g/mol. The summed E-state index contributed by atoms with van der Waals surface area (Å²) in [6, 6.07) is 1.88. The number of hydrogen-bond acceptors (Lipinski definition) is 7. The molecule has 4 heterocycles. The molecular formula is C16H22N6OS. The number of ether oxygens (including phenoxy) is 1. The number of nitrogens with zero attached hydrogens (tertiary/aromatic N) is 5. The molecule has 1 unspecified atom stereocenters. The molecule has 0 saturated carbocycles. The van der Waals surface area contributed by atoms with Crippen molar-refractivity contribution >= 4 is 17.6 Å². The summed E-state index contributed by atoms with van der Waals surface area (Å²) in [5, 5.41) is 7.73. The first-order chi connectivity index (χ1) is 11.9. The average Bonchev–Trinajstić information content (AvgIpc) is 3.34. The number of aromatic nitrogens is 4. The molecule has 7 nitrogen and oxygen atoms in total. The molecule has 2 aromatic rings. The van der Waals surface area contributed by atoms with E-state index < -0.39 is 0 Å². The lowest BCUT2D eigenvalue weighted by molar-refractivity contribution is -0.00922. The minimum absolute atomic E-state index is 0.192. The van der Waals surface area contributed by atoms with Crippen molar-refractivity contribution in [3.63, 3.8) is 0 Å². The Labute approximate surface area is 145 Å². The standard InChI is InChI=1S/C16H22N6OS/c1-3-19-22(4-1)15-11-17-10-14(20-15)18-12-16(2-9-24-13-16)21-5-7-23-8-6-21/h1,3-4,10-11H,2,5-9,12-13H2,(H,18,20). The average molecular weight is 346 g/mol. The van der Waals surface area contributed by atoms with Gasteiger partial charge in [-0.25, -0.2) is 9.67 Å². The fraction of sp³-hybridized carbons (Fsp3) is 0.562. The van der Waals surface area contributed by atoms with E-state index in [1.54, 1.807) is 23.3 Å². The van der Waals surface area contributed by atoms with Gasteiger partial charge in [-0.1, -0.05) is 0 Å². The summed E-state index contributed by atoms with van der Waals surface area (Å²) in [5.41, 5.74) is 0.192. The molecule has 2 aliphatic rings. The number of nitrogens with one attached hydrogen (secondary N) is 1. The van der Waals surface area contributed by atoms with Crippen molar-refractivity contribution in [2.75, 3.05) is 49.7 Å². The van der Waals surface area contributed by atoms with Crippen molar-refractivity contribution in [1.82, 2.24) is 24.6 Å². The van der Waals surface area contributed by atoms with Crippen LogP contribution in [0.2, 0.25) is 0 Å². The van der Waals surface area contributed by atoms with Gasteiger partial charge in [0.15, 0.2) is 5.82 Å². The van der Waals surface area contributed by atoms with Crippen LogP contribution in [0.1, 0.15) is 6.42 Å². The first-order valence-electron chi connectivity index (χ1n) is 8.32. The van der Waals surface area contributed by atoms with Gasteiger partial charge in [0.05, 0.1) is 25.6 Å². The number of anilines is 1. The molecule has 8 heteroatoms. The Morgan fingerprint density at radius 1 is 1.29 bits per heavy atom. The summed E-state index contributed by atoms with van der Waals surface area (Å²) in [5.74, 6) is 3.91. The van der Waals surface area contributed by atoms with Gasteiger partial charge in [-0.05, 0) is 18.2 Å². The zero-order chi connectivity index (χ0) is 16.2. The van der Waals surface area contributed by atoms with Gasteiger partial charge in [-0.3, -0.25) is 9.88 Å². The molecule has 0 aliphatic carbocycles. The van der Waals surface area contributed by atoms with Crippen LogP contribution in [0.4, 0.5) is 5.82 Å². The molecule has 24 heavy (non-hydrogen) atoms. The highest BCUT2D eigenvalue weighted by molar-refractivity contribution is 7.99. The fourth-order valence-electron chi connectivity index (χ4n) is 3.35. The molecule has 128 valence electrons. The lowest BCUT2D eigenvalue weighted by Gasteiger charge is -2.43. The Balaban J connectivity index is 1.47. The Morgan fingerprint density at radius 3 is 2.96 bits per heavy atom. The first-order valence-corrected chi connectivity index (χ1v) is 9.48.